The van der Waals surface area contributed by atoms with E-state index >= 15 is 0 Å². The molecule has 1 aliphatic carbocycles. The Kier molecular flexibility index (Phi) is 6.86. The van der Waals surface area contributed by atoms with Gasteiger partial charge in [0.2, 0.25) is 0 Å². The van der Waals surface area contributed by atoms with Crippen molar-refractivity contribution >= 4 is 10.2 Å². The standard InChI is InChI=1S/C16H32N2O4S/c1-16(2,15-21-12-13-22-15)10-7-11-17-23(19,20)18(3)14-8-5-4-6-9-14/h14-15,17H,4-13H2,1-3H3. The van der Waals surface area contributed by atoms with Crippen molar-refractivity contribution in [3.63, 3.8) is 0 Å². The normalized spacial score (nSPS) is 22.1. The zero-order valence-corrected chi connectivity index (χ0v) is 15.5. The average molecular weight is 349 g/mol. The molecule has 1 saturated heterocycles. The molecule has 0 aromatic heterocycles. The molecule has 2 fully saturated rings. The second-order valence-corrected chi connectivity index (χ2v) is 9.19. The molecule has 0 amide bonds. The van der Waals surface area contributed by atoms with Gasteiger partial charge in [-0.25, -0.2) is 4.72 Å². The highest BCUT2D eigenvalue weighted by molar-refractivity contribution is 7.87. The van der Waals surface area contributed by atoms with Crippen LogP contribution in [0.5, 0.6) is 0 Å². The Morgan fingerprint density at radius 2 is 1.74 bits per heavy atom. The number of rotatable bonds is 8. The number of nitrogens with one attached hydrogen (secondary N) is 1. The van der Waals surface area contributed by atoms with E-state index in [1.54, 1.807) is 7.05 Å². The summed E-state index contributed by atoms with van der Waals surface area (Å²) in [5, 5.41) is 0. The Hall–Kier alpha value is -0.210. The van der Waals surface area contributed by atoms with Gasteiger partial charge in [-0.05, 0) is 25.7 Å². The molecule has 1 saturated carbocycles. The third-order valence-electron chi connectivity index (χ3n) is 5.01. The van der Waals surface area contributed by atoms with Crippen LogP contribution in [0.25, 0.3) is 0 Å². The molecule has 6 nitrogen and oxygen atoms in total. The smallest absolute Gasteiger partial charge is 0.279 e. The maximum absolute atomic E-state index is 12.4. The predicted molar refractivity (Wildman–Crippen MR) is 90.3 cm³/mol. The largest absolute Gasteiger partial charge is 0.350 e. The SMILES string of the molecule is CN(C1CCCCC1)S(=O)(=O)NCCCC(C)(C)C1OCCO1. The second-order valence-electron chi connectivity index (χ2n) is 7.37. The van der Waals surface area contributed by atoms with Crippen molar-refractivity contribution < 1.29 is 17.9 Å². The highest BCUT2D eigenvalue weighted by Gasteiger charge is 2.34. The third-order valence-corrected chi connectivity index (χ3v) is 6.64. The van der Waals surface area contributed by atoms with E-state index in [0.717, 1.165) is 38.5 Å². The van der Waals surface area contributed by atoms with E-state index in [9.17, 15) is 8.42 Å². The van der Waals surface area contributed by atoms with Gasteiger partial charge in [-0.15, -0.1) is 0 Å². The van der Waals surface area contributed by atoms with E-state index in [1.807, 2.05) is 0 Å². The predicted octanol–water partition coefficient (Wildman–Crippen LogP) is 2.26. The molecule has 0 unspecified atom stereocenters. The Balaban J connectivity index is 1.73. The van der Waals surface area contributed by atoms with Crippen molar-refractivity contribution in [1.29, 1.82) is 0 Å². The van der Waals surface area contributed by atoms with Crippen LogP contribution in [0.2, 0.25) is 0 Å². The van der Waals surface area contributed by atoms with Gasteiger partial charge >= 0.3 is 0 Å². The highest BCUT2D eigenvalue weighted by Crippen LogP contribution is 2.32. The highest BCUT2D eigenvalue weighted by atomic mass is 32.2. The number of nitrogens with zero attached hydrogens (tertiary/aromatic N) is 1. The minimum Gasteiger partial charge on any atom is -0.350 e. The Morgan fingerprint density at radius 1 is 1.13 bits per heavy atom. The van der Waals surface area contributed by atoms with Crippen molar-refractivity contribution in [2.45, 2.75) is 71.1 Å². The number of hydrogen-bond donors (Lipinski definition) is 1. The van der Waals surface area contributed by atoms with Gasteiger partial charge in [0, 0.05) is 25.0 Å². The van der Waals surface area contributed by atoms with Crippen LogP contribution in [0.3, 0.4) is 0 Å². The first-order valence-corrected chi connectivity index (χ1v) is 10.2. The van der Waals surface area contributed by atoms with Gasteiger partial charge in [0.25, 0.3) is 10.2 Å². The fraction of sp³-hybridized carbons (Fsp3) is 1.00. The average Bonchev–Trinajstić information content (AvgIpc) is 3.07. The molecule has 0 aromatic carbocycles. The lowest BCUT2D eigenvalue weighted by Crippen LogP contribution is -2.45. The van der Waals surface area contributed by atoms with E-state index in [1.165, 1.54) is 10.7 Å². The van der Waals surface area contributed by atoms with Gasteiger partial charge in [-0.3, -0.25) is 0 Å². The fourth-order valence-corrected chi connectivity index (χ4v) is 4.62. The van der Waals surface area contributed by atoms with Gasteiger partial charge in [-0.1, -0.05) is 33.1 Å². The number of ether oxygens (including phenoxy) is 2. The Morgan fingerprint density at radius 3 is 2.35 bits per heavy atom. The molecule has 2 aliphatic rings. The van der Waals surface area contributed by atoms with E-state index in [0.29, 0.717) is 19.8 Å². The lowest BCUT2D eigenvalue weighted by Gasteiger charge is -2.31. The van der Waals surface area contributed by atoms with Crippen LogP contribution >= 0.6 is 0 Å². The summed E-state index contributed by atoms with van der Waals surface area (Å²) in [6, 6.07) is 0.151. The summed E-state index contributed by atoms with van der Waals surface area (Å²) in [5.41, 5.74) is -0.1000. The lowest BCUT2D eigenvalue weighted by atomic mass is 9.87. The molecular formula is C16H32N2O4S. The number of hydrogen-bond acceptors (Lipinski definition) is 4. The minimum absolute atomic E-state index is 0.1000. The van der Waals surface area contributed by atoms with Crippen LogP contribution in [-0.4, -0.2) is 51.9 Å². The van der Waals surface area contributed by atoms with E-state index in [-0.39, 0.29) is 17.7 Å². The molecule has 7 heteroatoms. The topological polar surface area (TPSA) is 67.9 Å². The summed E-state index contributed by atoms with van der Waals surface area (Å²) in [6.07, 6.45) is 6.87. The molecule has 1 N–H and O–H groups in total. The molecule has 0 aromatic rings. The second kappa shape index (κ2) is 8.25. The molecule has 0 atom stereocenters. The van der Waals surface area contributed by atoms with Crippen molar-refractivity contribution in [1.82, 2.24) is 9.03 Å². The van der Waals surface area contributed by atoms with Crippen LogP contribution in [0.1, 0.15) is 58.8 Å². The van der Waals surface area contributed by atoms with Crippen LogP contribution in [0.4, 0.5) is 0 Å². The lowest BCUT2D eigenvalue weighted by molar-refractivity contribution is -0.122. The van der Waals surface area contributed by atoms with Gasteiger partial charge in [0.15, 0.2) is 6.29 Å². The van der Waals surface area contributed by atoms with Crippen LogP contribution in [0.15, 0.2) is 0 Å². The van der Waals surface area contributed by atoms with Crippen LogP contribution < -0.4 is 4.72 Å². The maximum Gasteiger partial charge on any atom is 0.279 e. The Labute approximate surface area is 141 Å². The zero-order chi connectivity index (χ0) is 16.9. The summed E-state index contributed by atoms with van der Waals surface area (Å²) >= 11 is 0. The molecule has 1 aliphatic heterocycles. The van der Waals surface area contributed by atoms with Gasteiger partial charge in [0.1, 0.15) is 0 Å². The molecule has 0 radical (unpaired) electrons. The van der Waals surface area contributed by atoms with E-state index < -0.39 is 10.2 Å². The van der Waals surface area contributed by atoms with Crippen molar-refractivity contribution in [2.75, 3.05) is 26.8 Å². The third kappa shape index (κ3) is 5.39. The van der Waals surface area contributed by atoms with Crippen molar-refractivity contribution in [3.8, 4) is 0 Å². The van der Waals surface area contributed by atoms with E-state index in [4.69, 9.17) is 9.47 Å². The fourth-order valence-electron chi connectivity index (χ4n) is 3.42. The van der Waals surface area contributed by atoms with Gasteiger partial charge < -0.3 is 9.47 Å². The monoisotopic (exact) mass is 348 g/mol. The summed E-state index contributed by atoms with van der Waals surface area (Å²) < 4.78 is 40.1. The van der Waals surface area contributed by atoms with Crippen LogP contribution in [-0.2, 0) is 19.7 Å². The van der Waals surface area contributed by atoms with Gasteiger partial charge in [0.05, 0.1) is 13.2 Å². The maximum atomic E-state index is 12.4. The molecule has 136 valence electrons. The van der Waals surface area contributed by atoms with Crippen LogP contribution in [0, 0.1) is 5.41 Å². The molecule has 0 bridgehead atoms. The molecule has 23 heavy (non-hydrogen) atoms. The summed E-state index contributed by atoms with van der Waals surface area (Å²) in [6.45, 7) is 5.95. The first-order chi connectivity index (χ1) is 10.8. The van der Waals surface area contributed by atoms with E-state index in [2.05, 4.69) is 18.6 Å². The molecule has 2 rings (SSSR count). The first-order valence-electron chi connectivity index (χ1n) is 8.79. The molecule has 0 spiro atoms. The van der Waals surface area contributed by atoms with Crippen molar-refractivity contribution in [2.24, 2.45) is 5.41 Å². The summed E-state index contributed by atoms with van der Waals surface area (Å²) in [7, 11) is -1.68. The summed E-state index contributed by atoms with van der Waals surface area (Å²) in [4.78, 5) is 0. The quantitative estimate of drug-likeness (QED) is 0.683. The molecular weight excluding hydrogens is 316 g/mol. The minimum atomic E-state index is -3.38. The van der Waals surface area contributed by atoms with Crippen molar-refractivity contribution in [3.05, 3.63) is 0 Å². The summed E-state index contributed by atoms with van der Waals surface area (Å²) in [5.74, 6) is 0. The molecule has 1 heterocycles. The van der Waals surface area contributed by atoms with Gasteiger partial charge in [-0.2, -0.15) is 12.7 Å². The Bertz CT molecular complexity index is 455. The zero-order valence-electron chi connectivity index (χ0n) is 14.7. The first kappa shape index (κ1) is 19.1.